The Morgan fingerprint density at radius 1 is 1.05 bits per heavy atom. The predicted molar refractivity (Wildman–Crippen MR) is 81.6 cm³/mol. The Bertz CT molecular complexity index is 479. The maximum atomic E-state index is 4.53. The molecular weight excluding hydrogens is 234 g/mol. The first-order valence-electron chi connectivity index (χ1n) is 6.82. The van der Waals surface area contributed by atoms with Gasteiger partial charge in [-0.3, -0.25) is 0 Å². The molecule has 0 aliphatic heterocycles. The highest BCUT2D eigenvalue weighted by Crippen LogP contribution is 2.16. The fraction of sp³-hybridized carbons (Fsp3) is 0.312. The van der Waals surface area contributed by atoms with Gasteiger partial charge in [-0.25, -0.2) is 4.98 Å². The lowest BCUT2D eigenvalue weighted by atomic mass is 10.2. The van der Waals surface area contributed by atoms with E-state index < -0.39 is 0 Å². The van der Waals surface area contributed by atoms with E-state index >= 15 is 0 Å². The van der Waals surface area contributed by atoms with E-state index in [2.05, 4.69) is 65.4 Å². The molecule has 0 aliphatic rings. The number of rotatable bonds is 6. The van der Waals surface area contributed by atoms with Crippen molar-refractivity contribution < 1.29 is 0 Å². The molecule has 2 aromatic rings. The standard InChI is InChI=1S/C16H21N3/c1-3-17-15-10-11-16(18-12-15)19(4-2)13-14-8-6-5-7-9-14/h5-12,17H,3-4,13H2,1-2H3. The van der Waals surface area contributed by atoms with Crippen molar-refractivity contribution in [2.75, 3.05) is 23.3 Å². The van der Waals surface area contributed by atoms with Crippen molar-refractivity contribution in [2.24, 2.45) is 0 Å². The van der Waals surface area contributed by atoms with Gasteiger partial charge in [-0.15, -0.1) is 0 Å². The number of anilines is 2. The van der Waals surface area contributed by atoms with Gasteiger partial charge in [0.2, 0.25) is 0 Å². The second-order valence-electron chi connectivity index (χ2n) is 4.44. The van der Waals surface area contributed by atoms with E-state index in [0.717, 1.165) is 31.1 Å². The minimum Gasteiger partial charge on any atom is -0.384 e. The number of benzene rings is 1. The summed E-state index contributed by atoms with van der Waals surface area (Å²) in [4.78, 5) is 6.80. The lowest BCUT2D eigenvalue weighted by Gasteiger charge is -2.22. The lowest BCUT2D eigenvalue weighted by molar-refractivity contribution is 0.814. The summed E-state index contributed by atoms with van der Waals surface area (Å²) in [6.07, 6.45) is 1.90. The lowest BCUT2D eigenvalue weighted by Crippen LogP contribution is -2.22. The number of pyridine rings is 1. The zero-order valence-corrected chi connectivity index (χ0v) is 11.6. The van der Waals surface area contributed by atoms with Crippen LogP contribution >= 0.6 is 0 Å². The topological polar surface area (TPSA) is 28.2 Å². The van der Waals surface area contributed by atoms with Crippen molar-refractivity contribution in [1.29, 1.82) is 0 Å². The van der Waals surface area contributed by atoms with Crippen LogP contribution in [0.5, 0.6) is 0 Å². The summed E-state index contributed by atoms with van der Waals surface area (Å²) >= 11 is 0. The predicted octanol–water partition coefficient (Wildman–Crippen LogP) is 3.54. The summed E-state index contributed by atoms with van der Waals surface area (Å²) in [6.45, 7) is 7.00. The molecule has 19 heavy (non-hydrogen) atoms. The molecule has 0 unspecified atom stereocenters. The molecule has 0 spiro atoms. The van der Waals surface area contributed by atoms with Crippen molar-refractivity contribution in [3.8, 4) is 0 Å². The largest absolute Gasteiger partial charge is 0.384 e. The van der Waals surface area contributed by atoms with Crippen LogP contribution in [0.2, 0.25) is 0 Å². The third-order valence-electron chi connectivity index (χ3n) is 3.05. The monoisotopic (exact) mass is 255 g/mol. The number of hydrogen-bond donors (Lipinski definition) is 1. The molecule has 0 bridgehead atoms. The summed E-state index contributed by atoms with van der Waals surface area (Å²) in [6, 6.07) is 14.6. The Morgan fingerprint density at radius 3 is 2.42 bits per heavy atom. The average Bonchev–Trinajstić information content (AvgIpc) is 2.47. The molecule has 0 saturated heterocycles. The summed E-state index contributed by atoms with van der Waals surface area (Å²) < 4.78 is 0. The second-order valence-corrected chi connectivity index (χ2v) is 4.44. The molecule has 2 rings (SSSR count). The molecule has 3 heteroatoms. The summed E-state index contributed by atoms with van der Waals surface area (Å²) in [5.41, 5.74) is 2.38. The van der Waals surface area contributed by atoms with Crippen LogP contribution in [-0.4, -0.2) is 18.1 Å². The number of nitrogens with one attached hydrogen (secondary N) is 1. The van der Waals surface area contributed by atoms with Crippen LogP contribution in [0.4, 0.5) is 11.5 Å². The Morgan fingerprint density at radius 2 is 1.84 bits per heavy atom. The maximum absolute atomic E-state index is 4.53. The molecule has 1 aromatic carbocycles. The van der Waals surface area contributed by atoms with Crippen molar-refractivity contribution in [2.45, 2.75) is 20.4 Å². The summed E-state index contributed by atoms with van der Waals surface area (Å²) in [7, 11) is 0. The molecule has 0 saturated carbocycles. The van der Waals surface area contributed by atoms with Gasteiger partial charge in [0, 0.05) is 19.6 Å². The van der Waals surface area contributed by atoms with Gasteiger partial charge in [0.05, 0.1) is 11.9 Å². The van der Waals surface area contributed by atoms with Gasteiger partial charge in [0.1, 0.15) is 5.82 Å². The quantitative estimate of drug-likeness (QED) is 0.855. The highest BCUT2D eigenvalue weighted by molar-refractivity contribution is 5.48. The molecule has 0 fully saturated rings. The zero-order valence-electron chi connectivity index (χ0n) is 11.6. The molecule has 0 aliphatic carbocycles. The van der Waals surface area contributed by atoms with Crippen LogP contribution in [0.1, 0.15) is 19.4 Å². The van der Waals surface area contributed by atoms with Crippen LogP contribution in [0.3, 0.4) is 0 Å². The Hall–Kier alpha value is -2.03. The first-order valence-corrected chi connectivity index (χ1v) is 6.82. The van der Waals surface area contributed by atoms with Gasteiger partial charge < -0.3 is 10.2 Å². The molecule has 0 radical (unpaired) electrons. The van der Waals surface area contributed by atoms with Crippen LogP contribution in [0.25, 0.3) is 0 Å². The number of hydrogen-bond acceptors (Lipinski definition) is 3. The maximum Gasteiger partial charge on any atom is 0.128 e. The molecule has 0 amide bonds. The van der Waals surface area contributed by atoms with Crippen LogP contribution in [0.15, 0.2) is 48.7 Å². The average molecular weight is 255 g/mol. The third kappa shape index (κ3) is 3.71. The molecule has 1 heterocycles. The van der Waals surface area contributed by atoms with Gasteiger partial charge >= 0.3 is 0 Å². The number of aromatic nitrogens is 1. The number of nitrogens with zero attached hydrogens (tertiary/aromatic N) is 2. The first kappa shape index (κ1) is 13.4. The Kier molecular flexibility index (Phi) is 4.78. The Balaban J connectivity index is 2.08. The van der Waals surface area contributed by atoms with Crippen molar-refractivity contribution in [3.63, 3.8) is 0 Å². The van der Waals surface area contributed by atoms with Crippen LogP contribution in [0, 0.1) is 0 Å². The fourth-order valence-electron chi connectivity index (χ4n) is 2.04. The van der Waals surface area contributed by atoms with E-state index in [1.54, 1.807) is 0 Å². The van der Waals surface area contributed by atoms with Crippen LogP contribution in [-0.2, 0) is 6.54 Å². The minimum absolute atomic E-state index is 0.894. The zero-order chi connectivity index (χ0) is 13.5. The van der Waals surface area contributed by atoms with Crippen molar-refractivity contribution >= 4 is 11.5 Å². The molecule has 0 atom stereocenters. The third-order valence-corrected chi connectivity index (χ3v) is 3.05. The van der Waals surface area contributed by atoms with Crippen LogP contribution < -0.4 is 10.2 Å². The van der Waals surface area contributed by atoms with E-state index in [1.165, 1.54) is 5.56 Å². The van der Waals surface area contributed by atoms with Gasteiger partial charge in [0.15, 0.2) is 0 Å². The smallest absolute Gasteiger partial charge is 0.128 e. The minimum atomic E-state index is 0.894. The van der Waals surface area contributed by atoms with Gasteiger partial charge in [-0.1, -0.05) is 30.3 Å². The molecule has 3 nitrogen and oxygen atoms in total. The first-order chi connectivity index (χ1) is 9.33. The summed E-state index contributed by atoms with van der Waals surface area (Å²) in [5.74, 6) is 1.02. The summed E-state index contributed by atoms with van der Waals surface area (Å²) in [5, 5.41) is 3.26. The normalized spacial score (nSPS) is 10.2. The highest BCUT2D eigenvalue weighted by atomic mass is 15.2. The SMILES string of the molecule is CCNc1ccc(N(CC)Cc2ccccc2)nc1. The van der Waals surface area contributed by atoms with E-state index in [1.807, 2.05) is 12.3 Å². The van der Waals surface area contributed by atoms with Gasteiger partial charge in [-0.05, 0) is 31.5 Å². The van der Waals surface area contributed by atoms with Crippen molar-refractivity contribution in [3.05, 3.63) is 54.2 Å². The molecule has 1 N–H and O–H groups in total. The highest BCUT2D eigenvalue weighted by Gasteiger charge is 2.06. The van der Waals surface area contributed by atoms with Gasteiger partial charge in [0.25, 0.3) is 0 Å². The molecule has 1 aromatic heterocycles. The van der Waals surface area contributed by atoms with Gasteiger partial charge in [-0.2, -0.15) is 0 Å². The second kappa shape index (κ2) is 6.78. The van der Waals surface area contributed by atoms with E-state index in [4.69, 9.17) is 0 Å². The van der Waals surface area contributed by atoms with E-state index in [9.17, 15) is 0 Å². The van der Waals surface area contributed by atoms with E-state index in [-0.39, 0.29) is 0 Å². The Labute approximate surface area is 115 Å². The van der Waals surface area contributed by atoms with Crippen molar-refractivity contribution in [1.82, 2.24) is 4.98 Å². The fourth-order valence-corrected chi connectivity index (χ4v) is 2.04. The van der Waals surface area contributed by atoms with E-state index in [0.29, 0.717) is 0 Å². The molecular formula is C16H21N3. The molecule has 100 valence electrons.